The maximum absolute atomic E-state index is 12.0. The normalized spacial score (nSPS) is 12.2. The fourth-order valence-electron chi connectivity index (χ4n) is 1.86. The third-order valence-electron chi connectivity index (χ3n) is 2.90. The van der Waals surface area contributed by atoms with E-state index in [1.807, 2.05) is 41.9 Å². The van der Waals surface area contributed by atoms with E-state index < -0.39 is 0 Å². The maximum Gasteiger partial charge on any atom is 0.230 e. The van der Waals surface area contributed by atoms with Crippen molar-refractivity contribution in [3.05, 3.63) is 39.9 Å². The van der Waals surface area contributed by atoms with Crippen LogP contribution in [0.5, 0.6) is 0 Å². The number of nitrogens with zero attached hydrogens (tertiary/aromatic N) is 2. The number of thiophene rings is 2. The number of thioether (sulfide) groups is 1. The van der Waals surface area contributed by atoms with Gasteiger partial charge in [-0.2, -0.15) is 0 Å². The van der Waals surface area contributed by atoms with E-state index in [9.17, 15) is 4.79 Å². The van der Waals surface area contributed by atoms with Crippen LogP contribution in [0, 0.1) is 0 Å². The molecule has 22 heavy (non-hydrogen) atoms. The molecule has 0 radical (unpaired) electrons. The molecule has 0 aliphatic rings. The number of hydrogen-bond donors (Lipinski definition) is 2. The SMILES string of the molecule is CC(NC(=O)CSc1n[nH]c(-c2cccs2)n1)c1cccs1. The molecule has 5 nitrogen and oxygen atoms in total. The number of nitrogens with one attached hydrogen (secondary N) is 2. The van der Waals surface area contributed by atoms with Crippen molar-refractivity contribution >= 4 is 40.3 Å². The van der Waals surface area contributed by atoms with Crippen molar-refractivity contribution in [2.75, 3.05) is 5.75 Å². The van der Waals surface area contributed by atoms with Crippen molar-refractivity contribution in [1.29, 1.82) is 0 Å². The Hall–Kier alpha value is -1.64. The summed E-state index contributed by atoms with van der Waals surface area (Å²) in [6.45, 7) is 1.98. The van der Waals surface area contributed by atoms with Crippen LogP contribution in [0.4, 0.5) is 0 Å². The highest BCUT2D eigenvalue weighted by Crippen LogP contribution is 2.23. The van der Waals surface area contributed by atoms with E-state index in [4.69, 9.17) is 0 Å². The first kappa shape index (κ1) is 15.3. The van der Waals surface area contributed by atoms with Crippen LogP contribution < -0.4 is 5.32 Å². The lowest BCUT2D eigenvalue weighted by molar-refractivity contribution is -0.119. The quantitative estimate of drug-likeness (QED) is 0.667. The summed E-state index contributed by atoms with van der Waals surface area (Å²) >= 11 is 4.57. The van der Waals surface area contributed by atoms with Gasteiger partial charge in [0.25, 0.3) is 0 Å². The summed E-state index contributed by atoms with van der Waals surface area (Å²) in [5, 5.41) is 14.6. The van der Waals surface area contributed by atoms with Crippen LogP contribution in [-0.4, -0.2) is 26.8 Å². The predicted octanol–water partition coefficient (Wildman–Crippen LogP) is 3.56. The third kappa shape index (κ3) is 3.76. The van der Waals surface area contributed by atoms with E-state index in [1.54, 1.807) is 22.7 Å². The number of H-pyrrole nitrogens is 1. The number of carbonyl (C=O) groups is 1. The van der Waals surface area contributed by atoms with Crippen LogP contribution in [0.25, 0.3) is 10.7 Å². The molecule has 0 aliphatic heterocycles. The summed E-state index contributed by atoms with van der Waals surface area (Å²) < 4.78 is 0. The van der Waals surface area contributed by atoms with Crippen molar-refractivity contribution < 1.29 is 4.79 Å². The third-order valence-corrected chi connectivity index (χ3v) is 5.68. The number of amides is 1. The van der Waals surface area contributed by atoms with Gasteiger partial charge in [0.1, 0.15) is 0 Å². The zero-order chi connectivity index (χ0) is 15.4. The minimum absolute atomic E-state index is 0.0200. The first-order valence-corrected chi connectivity index (χ1v) is 9.38. The van der Waals surface area contributed by atoms with Crippen LogP contribution >= 0.6 is 34.4 Å². The van der Waals surface area contributed by atoms with Gasteiger partial charge in [-0.25, -0.2) is 4.98 Å². The average Bonchev–Trinajstić information content (AvgIpc) is 3.25. The maximum atomic E-state index is 12.0. The molecular formula is C14H14N4OS3. The Morgan fingerprint density at radius 2 is 2.18 bits per heavy atom. The van der Waals surface area contributed by atoms with E-state index in [0.29, 0.717) is 10.9 Å². The second-order valence-corrected chi connectivity index (χ2v) is 7.41. The van der Waals surface area contributed by atoms with Gasteiger partial charge in [0.05, 0.1) is 16.7 Å². The lowest BCUT2D eigenvalue weighted by Gasteiger charge is -2.11. The van der Waals surface area contributed by atoms with Gasteiger partial charge >= 0.3 is 0 Å². The van der Waals surface area contributed by atoms with Crippen molar-refractivity contribution in [3.8, 4) is 10.7 Å². The van der Waals surface area contributed by atoms with Gasteiger partial charge < -0.3 is 5.32 Å². The average molecular weight is 350 g/mol. The topological polar surface area (TPSA) is 70.7 Å². The Labute approximate surface area is 140 Å². The molecule has 0 bridgehead atoms. The zero-order valence-electron chi connectivity index (χ0n) is 11.8. The fraction of sp³-hybridized carbons (Fsp3) is 0.214. The van der Waals surface area contributed by atoms with Crippen molar-refractivity contribution in [2.45, 2.75) is 18.1 Å². The summed E-state index contributed by atoms with van der Waals surface area (Å²) in [5.41, 5.74) is 0. The van der Waals surface area contributed by atoms with Gasteiger partial charge in [-0.1, -0.05) is 23.9 Å². The Kier molecular flexibility index (Phi) is 4.91. The molecule has 2 N–H and O–H groups in total. The minimum atomic E-state index is -0.0200. The van der Waals surface area contributed by atoms with Crippen LogP contribution in [0.1, 0.15) is 17.8 Å². The molecule has 3 aromatic heterocycles. The largest absolute Gasteiger partial charge is 0.348 e. The molecule has 0 aliphatic carbocycles. The molecule has 0 spiro atoms. The molecule has 0 aromatic carbocycles. The first-order chi connectivity index (χ1) is 10.7. The van der Waals surface area contributed by atoms with E-state index >= 15 is 0 Å². The second-order valence-electron chi connectivity index (χ2n) is 4.54. The summed E-state index contributed by atoms with van der Waals surface area (Å²) in [6, 6.07) is 7.98. The standard InChI is InChI=1S/C14H14N4OS3/c1-9(10-4-2-6-20-10)15-12(19)8-22-14-16-13(17-18-14)11-5-3-7-21-11/h2-7,9H,8H2,1H3,(H,15,19)(H,16,17,18). The Morgan fingerprint density at radius 3 is 2.91 bits per heavy atom. The number of rotatable bonds is 6. The number of carbonyl (C=O) groups excluding carboxylic acids is 1. The monoisotopic (exact) mass is 350 g/mol. The molecule has 1 amide bonds. The molecule has 3 rings (SSSR count). The molecule has 3 heterocycles. The summed E-state index contributed by atoms with van der Waals surface area (Å²) in [4.78, 5) is 18.5. The van der Waals surface area contributed by atoms with Gasteiger partial charge in [-0.3, -0.25) is 9.89 Å². The van der Waals surface area contributed by atoms with Gasteiger partial charge in [0.2, 0.25) is 11.1 Å². The van der Waals surface area contributed by atoms with Crippen molar-refractivity contribution in [2.24, 2.45) is 0 Å². The van der Waals surface area contributed by atoms with Gasteiger partial charge in [0, 0.05) is 4.88 Å². The minimum Gasteiger partial charge on any atom is -0.348 e. The van der Waals surface area contributed by atoms with E-state index in [1.165, 1.54) is 11.8 Å². The molecule has 8 heteroatoms. The second kappa shape index (κ2) is 7.08. The number of aromatic nitrogens is 3. The lowest BCUT2D eigenvalue weighted by atomic mass is 10.3. The Morgan fingerprint density at radius 1 is 1.36 bits per heavy atom. The summed E-state index contributed by atoms with van der Waals surface area (Å²) in [6.07, 6.45) is 0. The van der Waals surface area contributed by atoms with Crippen LogP contribution in [0.15, 0.2) is 40.2 Å². The molecule has 0 saturated carbocycles. The lowest BCUT2D eigenvalue weighted by Crippen LogP contribution is -2.27. The summed E-state index contributed by atoms with van der Waals surface area (Å²) in [7, 11) is 0. The number of aromatic amines is 1. The first-order valence-electron chi connectivity index (χ1n) is 6.64. The highest BCUT2D eigenvalue weighted by Gasteiger charge is 2.12. The molecule has 3 aromatic rings. The molecular weight excluding hydrogens is 336 g/mol. The molecule has 1 atom stereocenters. The molecule has 114 valence electrons. The Bertz CT molecular complexity index is 721. The predicted molar refractivity (Wildman–Crippen MR) is 91.3 cm³/mol. The van der Waals surface area contributed by atoms with Gasteiger partial charge in [-0.15, -0.1) is 27.8 Å². The fourth-order valence-corrected chi connectivity index (χ4v) is 3.86. The van der Waals surface area contributed by atoms with Crippen molar-refractivity contribution in [1.82, 2.24) is 20.5 Å². The van der Waals surface area contributed by atoms with E-state index in [2.05, 4.69) is 20.5 Å². The van der Waals surface area contributed by atoms with Crippen LogP contribution in [0.2, 0.25) is 0 Å². The zero-order valence-corrected chi connectivity index (χ0v) is 14.2. The number of hydrogen-bond acceptors (Lipinski definition) is 6. The van der Waals surface area contributed by atoms with E-state index in [-0.39, 0.29) is 11.9 Å². The summed E-state index contributed by atoms with van der Waals surface area (Å²) in [5.74, 6) is 1.02. The van der Waals surface area contributed by atoms with Crippen LogP contribution in [0.3, 0.4) is 0 Å². The van der Waals surface area contributed by atoms with Crippen LogP contribution in [-0.2, 0) is 4.79 Å². The molecule has 1 unspecified atom stereocenters. The highest BCUT2D eigenvalue weighted by atomic mass is 32.2. The highest BCUT2D eigenvalue weighted by molar-refractivity contribution is 7.99. The smallest absolute Gasteiger partial charge is 0.230 e. The Balaban J connectivity index is 1.51. The van der Waals surface area contributed by atoms with Crippen molar-refractivity contribution in [3.63, 3.8) is 0 Å². The van der Waals surface area contributed by atoms with Gasteiger partial charge in [0.15, 0.2) is 5.82 Å². The molecule has 0 fully saturated rings. The van der Waals surface area contributed by atoms with E-state index in [0.717, 1.165) is 15.6 Å². The molecule has 0 saturated heterocycles. The van der Waals surface area contributed by atoms with Gasteiger partial charge in [-0.05, 0) is 29.8 Å².